The minimum atomic E-state index is 0.00487. The Balaban J connectivity index is 1.32. The maximum atomic E-state index is 12.0. The first-order valence-electron chi connectivity index (χ1n) is 12.3. The number of methoxy groups -OCH3 is 2. The molecule has 35 heavy (non-hydrogen) atoms. The van der Waals surface area contributed by atoms with Crippen LogP contribution >= 0.6 is 0 Å². The number of piperazine rings is 1. The van der Waals surface area contributed by atoms with Crippen molar-refractivity contribution in [1.82, 2.24) is 14.8 Å². The van der Waals surface area contributed by atoms with E-state index < -0.39 is 0 Å². The number of nitrogens with zero attached hydrogens (tertiary/aromatic N) is 3. The number of carbonyl (C=O) groups excluding carboxylic acids is 1. The van der Waals surface area contributed by atoms with Gasteiger partial charge in [0.15, 0.2) is 11.5 Å². The maximum absolute atomic E-state index is 12.0. The van der Waals surface area contributed by atoms with Crippen LogP contribution in [0.25, 0.3) is 10.9 Å². The van der Waals surface area contributed by atoms with Gasteiger partial charge >= 0.3 is 0 Å². The summed E-state index contributed by atoms with van der Waals surface area (Å²) in [6.07, 6.45) is 3.91. The van der Waals surface area contributed by atoms with Gasteiger partial charge < -0.3 is 29.0 Å². The Morgan fingerprint density at radius 3 is 2.57 bits per heavy atom. The van der Waals surface area contributed by atoms with Crippen LogP contribution in [0.5, 0.6) is 17.2 Å². The molecular weight excluding hydrogens is 444 g/mol. The molecule has 3 heterocycles. The number of H-pyrrole nitrogens is 1. The van der Waals surface area contributed by atoms with E-state index in [-0.39, 0.29) is 6.04 Å². The van der Waals surface area contributed by atoms with Crippen molar-refractivity contribution < 1.29 is 19.0 Å². The number of ether oxygens (including phenoxy) is 3. The molecule has 2 aliphatic heterocycles. The number of benzene rings is 2. The molecule has 3 aromatic rings. The zero-order chi connectivity index (χ0) is 24.4. The fourth-order valence-electron chi connectivity index (χ4n) is 5.38. The monoisotopic (exact) mass is 478 g/mol. The van der Waals surface area contributed by atoms with Gasteiger partial charge in [-0.15, -0.1) is 0 Å². The van der Waals surface area contributed by atoms with Crippen molar-refractivity contribution in [2.45, 2.75) is 19.4 Å². The fourth-order valence-corrected chi connectivity index (χ4v) is 5.38. The van der Waals surface area contributed by atoms with Crippen LogP contribution in [0.1, 0.15) is 24.1 Å². The lowest BCUT2D eigenvalue weighted by Crippen LogP contribution is -2.50. The van der Waals surface area contributed by atoms with E-state index >= 15 is 0 Å². The number of amides is 1. The van der Waals surface area contributed by atoms with Crippen LogP contribution in [0.3, 0.4) is 0 Å². The van der Waals surface area contributed by atoms with Crippen LogP contribution < -0.4 is 19.1 Å². The van der Waals surface area contributed by atoms with Gasteiger partial charge in [-0.05, 0) is 54.8 Å². The summed E-state index contributed by atoms with van der Waals surface area (Å²) in [6, 6.07) is 10.3. The van der Waals surface area contributed by atoms with Gasteiger partial charge in [0.1, 0.15) is 5.75 Å². The van der Waals surface area contributed by atoms with E-state index in [9.17, 15) is 4.79 Å². The predicted molar refractivity (Wildman–Crippen MR) is 137 cm³/mol. The van der Waals surface area contributed by atoms with Crippen molar-refractivity contribution in [3.63, 3.8) is 0 Å². The number of nitrogens with one attached hydrogen (secondary N) is 1. The van der Waals surface area contributed by atoms with Gasteiger partial charge in [-0.2, -0.15) is 0 Å². The summed E-state index contributed by atoms with van der Waals surface area (Å²) >= 11 is 0. The molecule has 0 bridgehead atoms. The minimum Gasteiger partial charge on any atom is -0.497 e. The van der Waals surface area contributed by atoms with E-state index in [1.165, 1.54) is 22.2 Å². The standard InChI is InChI=1S/C27H34N4O4/c1-4-35-27-15-21-19(13-26(27)34-3)7-8-31(18-32)25(21)17-29-9-11-30(12-10-29)24-16-28-23-6-5-20(33-2)14-22(23)24/h5-6,13-16,18,25,28H,4,7-12,17H2,1-3H3. The highest BCUT2D eigenvalue weighted by Crippen LogP contribution is 2.38. The third-order valence-corrected chi connectivity index (χ3v) is 7.27. The highest BCUT2D eigenvalue weighted by molar-refractivity contribution is 5.94. The number of rotatable bonds is 8. The number of hydrogen-bond acceptors (Lipinski definition) is 6. The Labute approximate surface area is 206 Å². The molecule has 0 aliphatic carbocycles. The second kappa shape index (κ2) is 10.1. The van der Waals surface area contributed by atoms with Crippen LogP contribution in [0.4, 0.5) is 5.69 Å². The van der Waals surface area contributed by atoms with Crippen molar-refractivity contribution in [2.75, 3.05) is 65.0 Å². The van der Waals surface area contributed by atoms with Crippen molar-refractivity contribution in [2.24, 2.45) is 0 Å². The predicted octanol–water partition coefficient (Wildman–Crippen LogP) is 3.46. The Bertz CT molecular complexity index is 1190. The Morgan fingerprint density at radius 2 is 1.86 bits per heavy atom. The summed E-state index contributed by atoms with van der Waals surface area (Å²) in [5.41, 5.74) is 4.73. The van der Waals surface area contributed by atoms with Crippen molar-refractivity contribution in [3.05, 3.63) is 47.7 Å². The summed E-state index contributed by atoms with van der Waals surface area (Å²) in [4.78, 5) is 22.2. The topological polar surface area (TPSA) is 70.3 Å². The van der Waals surface area contributed by atoms with Crippen molar-refractivity contribution >= 4 is 23.0 Å². The number of fused-ring (bicyclic) bond motifs is 2. The van der Waals surface area contributed by atoms with Crippen LogP contribution in [-0.4, -0.2) is 81.3 Å². The molecule has 8 heteroatoms. The number of aromatic amines is 1. The van der Waals surface area contributed by atoms with Crippen LogP contribution in [-0.2, 0) is 11.2 Å². The van der Waals surface area contributed by atoms with Gasteiger partial charge in [0.2, 0.25) is 6.41 Å². The third-order valence-electron chi connectivity index (χ3n) is 7.27. The molecule has 1 saturated heterocycles. The van der Waals surface area contributed by atoms with Gasteiger partial charge in [-0.3, -0.25) is 9.69 Å². The number of hydrogen-bond donors (Lipinski definition) is 1. The lowest BCUT2D eigenvalue weighted by atomic mass is 9.91. The molecule has 1 fully saturated rings. The first-order valence-corrected chi connectivity index (χ1v) is 12.3. The number of aromatic nitrogens is 1. The molecule has 5 rings (SSSR count). The van der Waals surface area contributed by atoms with Crippen LogP contribution in [0.2, 0.25) is 0 Å². The van der Waals surface area contributed by atoms with E-state index in [0.29, 0.717) is 6.61 Å². The molecule has 0 spiro atoms. The quantitative estimate of drug-likeness (QED) is 0.500. The second-order valence-corrected chi connectivity index (χ2v) is 9.12. The molecule has 2 aromatic carbocycles. The lowest BCUT2D eigenvalue weighted by Gasteiger charge is -2.41. The average Bonchev–Trinajstić information content (AvgIpc) is 3.32. The van der Waals surface area contributed by atoms with E-state index in [0.717, 1.165) is 74.9 Å². The summed E-state index contributed by atoms with van der Waals surface area (Å²) in [5, 5.41) is 1.18. The number of carbonyl (C=O) groups is 1. The third kappa shape index (κ3) is 4.50. The van der Waals surface area contributed by atoms with Gasteiger partial charge in [0.25, 0.3) is 0 Å². The highest BCUT2D eigenvalue weighted by atomic mass is 16.5. The second-order valence-electron chi connectivity index (χ2n) is 9.12. The van der Waals surface area contributed by atoms with Crippen molar-refractivity contribution in [3.8, 4) is 17.2 Å². The molecule has 1 atom stereocenters. The summed E-state index contributed by atoms with van der Waals surface area (Å²) < 4.78 is 16.8. The minimum absolute atomic E-state index is 0.00487. The maximum Gasteiger partial charge on any atom is 0.210 e. The smallest absolute Gasteiger partial charge is 0.210 e. The summed E-state index contributed by atoms with van der Waals surface area (Å²) in [6.45, 7) is 7.79. The molecule has 1 amide bonds. The normalized spacial score (nSPS) is 18.4. The largest absolute Gasteiger partial charge is 0.497 e. The molecule has 186 valence electrons. The lowest BCUT2D eigenvalue weighted by molar-refractivity contribution is -0.121. The molecule has 2 aliphatic rings. The van der Waals surface area contributed by atoms with Gasteiger partial charge in [-0.25, -0.2) is 0 Å². The molecule has 0 saturated carbocycles. The fraction of sp³-hybridized carbons (Fsp3) is 0.444. The SMILES string of the molecule is CCOc1cc2c(cc1OC)CCN(C=O)C2CN1CCN(c2c[nH]c3ccc(OC)cc23)CC1. The first kappa shape index (κ1) is 23.4. The van der Waals surface area contributed by atoms with E-state index in [4.69, 9.17) is 14.2 Å². The van der Waals surface area contributed by atoms with E-state index in [1.807, 2.05) is 17.9 Å². The van der Waals surface area contributed by atoms with Crippen molar-refractivity contribution in [1.29, 1.82) is 0 Å². The van der Waals surface area contributed by atoms with E-state index in [2.05, 4.69) is 45.2 Å². The van der Waals surface area contributed by atoms with Crippen LogP contribution in [0.15, 0.2) is 36.5 Å². The highest BCUT2D eigenvalue weighted by Gasteiger charge is 2.31. The van der Waals surface area contributed by atoms with E-state index in [1.54, 1.807) is 14.2 Å². The molecule has 1 aromatic heterocycles. The van der Waals surface area contributed by atoms with Gasteiger partial charge in [0, 0.05) is 56.4 Å². The van der Waals surface area contributed by atoms with Gasteiger partial charge in [0.05, 0.1) is 32.6 Å². The van der Waals surface area contributed by atoms with Gasteiger partial charge in [-0.1, -0.05) is 0 Å². The number of anilines is 1. The van der Waals surface area contributed by atoms with Crippen LogP contribution in [0, 0.1) is 0 Å². The summed E-state index contributed by atoms with van der Waals surface area (Å²) in [7, 11) is 3.37. The Morgan fingerprint density at radius 1 is 1.03 bits per heavy atom. The Kier molecular flexibility index (Phi) is 6.72. The zero-order valence-electron chi connectivity index (χ0n) is 20.8. The zero-order valence-corrected chi connectivity index (χ0v) is 20.8. The molecule has 1 N–H and O–H groups in total. The first-order chi connectivity index (χ1) is 17.1. The molecule has 0 radical (unpaired) electrons. The molecular formula is C27H34N4O4. The molecule has 1 unspecified atom stereocenters. The average molecular weight is 479 g/mol. The Hall–Kier alpha value is -3.39. The summed E-state index contributed by atoms with van der Waals surface area (Å²) in [5.74, 6) is 2.36. The molecule has 8 nitrogen and oxygen atoms in total.